The molecule has 2 aromatic carbocycles. The Bertz CT molecular complexity index is 1070. The SMILES string of the molecule is CC1(C)OB(C2=C(c3ccccc3)C(c3ccccc3)=C(B3OC(C)(C)C(C)(C)O3)CC2)OC1(C)C. The maximum Gasteiger partial charge on any atom is 0.491 e. The fraction of sp³-hybridized carbons (Fsp3) is 0.467. The van der Waals surface area contributed by atoms with E-state index >= 15 is 0 Å². The minimum absolute atomic E-state index is 0.408. The highest BCUT2D eigenvalue weighted by Crippen LogP contribution is 2.50. The number of allylic oxidation sites excluding steroid dienone is 4. The van der Waals surface area contributed by atoms with Gasteiger partial charge in [0.2, 0.25) is 0 Å². The van der Waals surface area contributed by atoms with E-state index in [0.717, 1.165) is 35.1 Å². The van der Waals surface area contributed by atoms with Gasteiger partial charge in [0.1, 0.15) is 0 Å². The van der Waals surface area contributed by atoms with Crippen LogP contribution in [0, 0.1) is 0 Å². The predicted molar refractivity (Wildman–Crippen MR) is 148 cm³/mol. The Morgan fingerprint density at radius 1 is 0.472 bits per heavy atom. The quantitative estimate of drug-likeness (QED) is 0.440. The second-order valence-corrected chi connectivity index (χ2v) is 12.2. The molecule has 4 nitrogen and oxygen atoms in total. The van der Waals surface area contributed by atoms with Crippen LogP contribution in [-0.4, -0.2) is 36.6 Å². The molecule has 2 aromatic rings. The van der Waals surface area contributed by atoms with Crippen LogP contribution >= 0.6 is 0 Å². The largest absolute Gasteiger partial charge is 0.491 e. The maximum absolute atomic E-state index is 6.60. The summed E-state index contributed by atoms with van der Waals surface area (Å²) in [4.78, 5) is 0. The summed E-state index contributed by atoms with van der Waals surface area (Å²) >= 11 is 0. The van der Waals surface area contributed by atoms with Gasteiger partial charge in [-0.15, -0.1) is 0 Å². The van der Waals surface area contributed by atoms with E-state index in [4.69, 9.17) is 18.6 Å². The van der Waals surface area contributed by atoms with Crippen LogP contribution < -0.4 is 0 Å². The van der Waals surface area contributed by atoms with E-state index in [1.807, 2.05) is 0 Å². The van der Waals surface area contributed by atoms with Gasteiger partial charge in [-0.05, 0) is 101 Å². The lowest BCUT2D eigenvalue weighted by Gasteiger charge is -2.32. The molecule has 0 aromatic heterocycles. The molecule has 2 fully saturated rings. The van der Waals surface area contributed by atoms with Crippen LogP contribution in [0.4, 0.5) is 0 Å². The Morgan fingerprint density at radius 2 is 0.750 bits per heavy atom. The molecule has 2 heterocycles. The fourth-order valence-corrected chi connectivity index (χ4v) is 5.15. The van der Waals surface area contributed by atoms with Crippen LogP contribution in [0.25, 0.3) is 11.1 Å². The molecule has 2 aliphatic heterocycles. The molecule has 0 spiro atoms. The van der Waals surface area contributed by atoms with Gasteiger partial charge in [0.25, 0.3) is 0 Å². The molecule has 0 amide bonds. The van der Waals surface area contributed by atoms with E-state index in [2.05, 4.69) is 116 Å². The summed E-state index contributed by atoms with van der Waals surface area (Å²) in [6, 6.07) is 21.2. The van der Waals surface area contributed by atoms with Crippen molar-refractivity contribution in [1.29, 1.82) is 0 Å². The summed E-state index contributed by atoms with van der Waals surface area (Å²) in [5, 5.41) is 0. The first-order valence-electron chi connectivity index (χ1n) is 13.1. The van der Waals surface area contributed by atoms with Crippen LogP contribution in [0.5, 0.6) is 0 Å². The van der Waals surface area contributed by atoms with Crippen molar-refractivity contribution in [2.24, 2.45) is 0 Å². The van der Waals surface area contributed by atoms with Crippen molar-refractivity contribution in [3.63, 3.8) is 0 Å². The van der Waals surface area contributed by atoms with Crippen LogP contribution in [0.3, 0.4) is 0 Å². The molecule has 0 atom stereocenters. The van der Waals surface area contributed by atoms with Crippen LogP contribution in [-0.2, 0) is 18.6 Å². The predicted octanol–water partition coefficient (Wildman–Crippen LogP) is 6.95. The molecule has 0 bridgehead atoms. The highest BCUT2D eigenvalue weighted by Gasteiger charge is 2.56. The van der Waals surface area contributed by atoms with Gasteiger partial charge in [-0.1, -0.05) is 60.7 Å². The minimum Gasteiger partial charge on any atom is -0.400 e. The normalized spacial score (nSPS) is 24.6. The van der Waals surface area contributed by atoms with Gasteiger partial charge in [0.05, 0.1) is 22.4 Å². The summed E-state index contributed by atoms with van der Waals surface area (Å²) < 4.78 is 26.4. The van der Waals surface area contributed by atoms with Crippen molar-refractivity contribution in [2.45, 2.75) is 90.6 Å². The van der Waals surface area contributed by atoms with Crippen LogP contribution in [0.1, 0.15) is 79.4 Å². The molecule has 1 aliphatic carbocycles. The van der Waals surface area contributed by atoms with E-state index in [-0.39, 0.29) is 0 Å². The second kappa shape index (κ2) is 8.73. The lowest BCUT2D eigenvalue weighted by Crippen LogP contribution is -2.41. The molecule has 0 N–H and O–H groups in total. The van der Waals surface area contributed by atoms with Gasteiger partial charge in [-0.2, -0.15) is 0 Å². The molecule has 188 valence electrons. The topological polar surface area (TPSA) is 36.9 Å². The molecule has 5 rings (SSSR count). The first kappa shape index (κ1) is 25.5. The highest BCUT2D eigenvalue weighted by molar-refractivity contribution is 6.61. The van der Waals surface area contributed by atoms with Gasteiger partial charge < -0.3 is 18.6 Å². The standard InChI is InChI=1S/C30H38B2O4/c1-27(2)28(3,4)34-31(33-27)23-19-20-24(32-35-29(5,6)30(7,8)36-32)26(22-17-13-10-14-18-22)25(23)21-15-11-9-12-16-21/h9-18H,19-20H2,1-8H3. The van der Waals surface area contributed by atoms with E-state index in [0.29, 0.717) is 0 Å². The number of benzene rings is 2. The van der Waals surface area contributed by atoms with E-state index in [1.165, 1.54) is 10.9 Å². The minimum atomic E-state index is -0.413. The molecular weight excluding hydrogens is 446 g/mol. The van der Waals surface area contributed by atoms with Gasteiger partial charge >= 0.3 is 14.2 Å². The number of hydrogen-bond acceptors (Lipinski definition) is 4. The van der Waals surface area contributed by atoms with Crippen LogP contribution in [0.2, 0.25) is 0 Å². The van der Waals surface area contributed by atoms with Crippen molar-refractivity contribution >= 4 is 25.4 Å². The lowest BCUT2D eigenvalue weighted by atomic mass is 9.59. The number of hydrogen-bond donors (Lipinski definition) is 0. The summed E-state index contributed by atoms with van der Waals surface area (Å²) in [5.41, 5.74) is 5.35. The average Bonchev–Trinajstić information content (AvgIpc) is 3.18. The zero-order valence-electron chi connectivity index (χ0n) is 23.0. The smallest absolute Gasteiger partial charge is 0.400 e. The van der Waals surface area contributed by atoms with E-state index in [9.17, 15) is 0 Å². The fourth-order valence-electron chi connectivity index (χ4n) is 5.15. The number of rotatable bonds is 4. The van der Waals surface area contributed by atoms with Crippen LogP contribution in [0.15, 0.2) is 71.6 Å². The Labute approximate surface area is 217 Å². The van der Waals surface area contributed by atoms with Crippen molar-refractivity contribution in [3.05, 3.63) is 82.7 Å². The molecular formula is C30H38B2O4. The Morgan fingerprint density at radius 3 is 1.03 bits per heavy atom. The first-order chi connectivity index (χ1) is 16.8. The summed E-state index contributed by atoms with van der Waals surface area (Å²) in [6.07, 6.45) is 1.63. The Hall–Kier alpha value is -2.11. The molecule has 0 saturated carbocycles. The molecule has 0 unspecified atom stereocenters. The molecule has 36 heavy (non-hydrogen) atoms. The monoisotopic (exact) mass is 484 g/mol. The molecule has 0 radical (unpaired) electrons. The van der Waals surface area contributed by atoms with Gasteiger partial charge in [-0.25, -0.2) is 0 Å². The zero-order chi connectivity index (χ0) is 25.9. The third kappa shape index (κ3) is 4.22. The highest BCUT2D eigenvalue weighted by atomic mass is 16.7. The molecule has 2 saturated heterocycles. The average molecular weight is 484 g/mol. The summed E-state index contributed by atoms with van der Waals surface area (Å²) in [5.74, 6) is 0. The Balaban J connectivity index is 1.74. The summed E-state index contributed by atoms with van der Waals surface area (Å²) in [6.45, 7) is 16.9. The van der Waals surface area contributed by atoms with Crippen molar-refractivity contribution in [3.8, 4) is 0 Å². The maximum atomic E-state index is 6.60. The van der Waals surface area contributed by atoms with Crippen molar-refractivity contribution in [1.82, 2.24) is 0 Å². The lowest BCUT2D eigenvalue weighted by molar-refractivity contribution is 0.00578. The van der Waals surface area contributed by atoms with Gasteiger partial charge in [0.15, 0.2) is 0 Å². The van der Waals surface area contributed by atoms with Crippen molar-refractivity contribution in [2.75, 3.05) is 0 Å². The summed E-state index contributed by atoms with van der Waals surface area (Å²) in [7, 11) is -0.826. The zero-order valence-corrected chi connectivity index (χ0v) is 23.0. The van der Waals surface area contributed by atoms with Gasteiger partial charge in [-0.3, -0.25) is 0 Å². The third-order valence-electron chi connectivity index (χ3n) is 8.76. The second-order valence-electron chi connectivity index (χ2n) is 12.2. The van der Waals surface area contributed by atoms with Crippen molar-refractivity contribution < 1.29 is 18.6 Å². The first-order valence-corrected chi connectivity index (χ1v) is 13.1. The van der Waals surface area contributed by atoms with E-state index < -0.39 is 36.6 Å². The Kier molecular flexibility index (Phi) is 6.19. The molecule has 6 heteroatoms. The van der Waals surface area contributed by atoms with E-state index in [1.54, 1.807) is 0 Å². The molecule has 3 aliphatic rings. The van der Waals surface area contributed by atoms with Gasteiger partial charge in [0, 0.05) is 0 Å². The third-order valence-corrected chi connectivity index (χ3v) is 8.76.